The number of hydrogen-bond donors (Lipinski definition) is 2. The predicted octanol–water partition coefficient (Wildman–Crippen LogP) is 1.53. The molecule has 0 aromatic carbocycles. The van der Waals surface area contributed by atoms with Gasteiger partial charge in [-0.3, -0.25) is 0 Å². The number of carbonyl (C=O) groups is 1. The Morgan fingerprint density at radius 2 is 2.12 bits per heavy atom. The van der Waals surface area contributed by atoms with Crippen LogP contribution in [0.5, 0.6) is 0 Å². The number of pyridine rings is 1. The molecule has 0 aliphatic heterocycles. The van der Waals surface area contributed by atoms with Gasteiger partial charge in [0.05, 0.1) is 11.9 Å². The molecule has 1 aromatic heterocycles. The van der Waals surface area contributed by atoms with Crippen molar-refractivity contribution in [1.82, 2.24) is 9.88 Å². The number of hydrogen-bond acceptors (Lipinski definition) is 4. The number of carboxylic acids is 1. The van der Waals surface area contributed by atoms with Crippen molar-refractivity contribution in [3.63, 3.8) is 0 Å². The Morgan fingerprint density at radius 3 is 2.53 bits per heavy atom. The lowest BCUT2D eigenvalue weighted by molar-refractivity contribution is 0.0690. The van der Waals surface area contributed by atoms with Crippen LogP contribution in [0, 0.1) is 0 Å². The number of carboxylic acid groups (broad SMARTS) is 1. The maximum atomic E-state index is 10.6. The Kier molecular flexibility index (Phi) is 4.07. The standard InChI is InChI=1S/C12H19N3O2/c1-12(2,15(3)4)8-14-9-5-6-10(11(16)17)13-7-9/h5-7,14H,8H2,1-4H3,(H,16,17). The fraction of sp³-hybridized carbons (Fsp3) is 0.500. The number of likely N-dealkylation sites (N-methyl/N-ethyl adjacent to an activating group) is 1. The summed E-state index contributed by atoms with van der Waals surface area (Å²) in [6.45, 7) is 5.01. The van der Waals surface area contributed by atoms with Crippen LogP contribution in [0.1, 0.15) is 24.3 Å². The van der Waals surface area contributed by atoms with E-state index in [1.807, 2.05) is 14.1 Å². The molecule has 1 heterocycles. The van der Waals surface area contributed by atoms with Gasteiger partial charge in [-0.15, -0.1) is 0 Å². The smallest absolute Gasteiger partial charge is 0.354 e. The third-order valence-electron chi connectivity index (χ3n) is 2.92. The second kappa shape index (κ2) is 5.14. The minimum atomic E-state index is -1.01. The van der Waals surface area contributed by atoms with Crippen LogP contribution >= 0.6 is 0 Å². The minimum absolute atomic E-state index is 0.0193. The van der Waals surface area contributed by atoms with Gasteiger partial charge in [-0.05, 0) is 40.1 Å². The summed E-state index contributed by atoms with van der Waals surface area (Å²) in [6.07, 6.45) is 1.54. The zero-order valence-corrected chi connectivity index (χ0v) is 10.7. The highest BCUT2D eigenvalue weighted by molar-refractivity contribution is 5.85. The van der Waals surface area contributed by atoms with Crippen LogP contribution in [0.3, 0.4) is 0 Å². The zero-order valence-electron chi connectivity index (χ0n) is 10.7. The number of aromatic nitrogens is 1. The maximum absolute atomic E-state index is 10.6. The van der Waals surface area contributed by atoms with E-state index in [4.69, 9.17) is 5.11 Å². The van der Waals surface area contributed by atoms with Gasteiger partial charge in [-0.2, -0.15) is 0 Å². The SMILES string of the molecule is CN(C)C(C)(C)CNc1ccc(C(=O)O)nc1. The van der Waals surface area contributed by atoms with Gasteiger partial charge in [0.25, 0.3) is 0 Å². The molecule has 0 aliphatic carbocycles. The molecule has 5 heteroatoms. The summed E-state index contributed by atoms with van der Waals surface area (Å²) >= 11 is 0. The first kappa shape index (κ1) is 13.4. The summed E-state index contributed by atoms with van der Waals surface area (Å²) in [4.78, 5) is 16.6. The highest BCUT2D eigenvalue weighted by Crippen LogP contribution is 2.12. The van der Waals surface area contributed by atoms with E-state index in [9.17, 15) is 4.79 Å². The molecule has 0 bridgehead atoms. The van der Waals surface area contributed by atoms with Gasteiger partial charge in [-0.1, -0.05) is 0 Å². The molecule has 94 valence electrons. The van der Waals surface area contributed by atoms with Gasteiger partial charge >= 0.3 is 5.97 Å². The normalized spacial score (nSPS) is 11.6. The highest BCUT2D eigenvalue weighted by Gasteiger charge is 2.19. The highest BCUT2D eigenvalue weighted by atomic mass is 16.4. The fourth-order valence-electron chi connectivity index (χ4n) is 1.10. The lowest BCUT2D eigenvalue weighted by Crippen LogP contribution is -2.44. The summed E-state index contributed by atoms with van der Waals surface area (Å²) < 4.78 is 0. The molecule has 0 radical (unpaired) electrons. The Balaban J connectivity index is 2.62. The Labute approximate surface area is 101 Å². The van der Waals surface area contributed by atoms with E-state index >= 15 is 0 Å². The van der Waals surface area contributed by atoms with Crippen LogP contribution in [0.4, 0.5) is 5.69 Å². The first-order valence-corrected chi connectivity index (χ1v) is 5.43. The zero-order chi connectivity index (χ0) is 13.1. The lowest BCUT2D eigenvalue weighted by atomic mass is 10.0. The van der Waals surface area contributed by atoms with Crippen molar-refractivity contribution >= 4 is 11.7 Å². The van der Waals surface area contributed by atoms with E-state index in [1.54, 1.807) is 6.07 Å². The predicted molar refractivity (Wildman–Crippen MR) is 67.5 cm³/mol. The molecule has 0 saturated carbocycles. The molecule has 0 amide bonds. The van der Waals surface area contributed by atoms with Gasteiger partial charge in [0.1, 0.15) is 5.69 Å². The van der Waals surface area contributed by atoms with E-state index < -0.39 is 5.97 Å². The molecule has 0 aliphatic rings. The van der Waals surface area contributed by atoms with E-state index in [0.29, 0.717) is 0 Å². The number of nitrogens with one attached hydrogen (secondary N) is 1. The molecule has 0 atom stereocenters. The van der Waals surface area contributed by atoms with Gasteiger partial charge in [0.2, 0.25) is 0 Å². The molecule has 0 fully saturated rings. The molecule has 17 heavy (non-hydrogen) atoms. The quantitative estimate of drug-likeness (QED) is 0.813. The monoisotopic (exact) mass is 237 g/mol. The summed E-state index contributed by atoms with van der Waals surface area (Å²) in [7, 11) is 4.04. The maximum Gasteiger partial charge on any atom is 0.354 e. The molecule has 5 nitrogen and oxygen atoms in total. The number of nitrogens with zero attached hydrogens (tertiary/aromatic N) is 2. The van der Waals surface area contributed by atoms with E-state index in [2.05, 4.69) is 29.0 Å². The number of anilines is 1. The Hall–Kier alpha value is -1.62. The lowest BCUT2D eigenvalue weighted by Gasteiger charge is -2.32. The molecule has 0 unspecified atom stereocenters. The van der Waals surface area contributed by atoms with Crippen molar-refractivity contribution in [2.45, 2.75) is 19.4 Å². The third-order valence-corrected chi connectivity index (χ3v) is 2.92. The third kappa shape index (κ3) is 3.71. The summed E-state index contributed by atoms with van der Waals surface area (Å²) in [5.41, 5.74) is 0.901. The first-order valence-electron chi connectivity index (χ1n) is 5.43. The summed E-state index contributed by atoms with van der Waals surface area (Å²) in [5.74, 6) is -1.01. The van der Waals surface area contributed by atoms with Crippen LogP contribution < -0.4 is 5.32 Å². The molecule has 2 N–H and O–H groups in total. The van der Waals surface area contributed by atoms with Crippen molar-refractivity contribution in [3.05, 3.63) is 24.0 Å². The first-order chi connectivity index (χ1) is 7.83. The van der Waals surface area contributed by atoms with Crippen LogP contribution in [0.2, 0.25) is 0 Å². The van der Waals surface area contributed by atoms with Gasteiger partial charge in [0, 0.05) is 12.1 Å². The largest absolute Gasteiger partial charge is 0.477 e. The summed E-state index contributed by atoms with van der Waals surface area (Å²) in [5, 5.41) is 12.0. The molecule has 1 rings (SSSR count). The second-order valence-corrected chi connectivity index (χ2v) is 4.80. The molecular formula is C12H19N3O2. The average Bonchev–Trinajstić information content (AvgIpc) is 2.27. The molecule has 0 spiro atoms. The Morgan fingerprint density at radius 1 is 1.47 bits per heavy atom. The van der Waals surface area contributed by atoms with Crippen molar-refractivity contribution in [2.24, 2.45) is 0 Å². The number of rotatable bonds is 5. The van der Waals surface area contributed by atoms with Crippen LogP contribution in [0.25, 0.3) is 0 Å². The fourth-order valence-corrected chi connectivity index (χ4v) is 1.10. The van der Waals surface area contributed by atoms with Crippen LogP contribution in [-0.4, -0.2) is 47.1 Å². The molecular weight excluding hydrogens is 218 g/mol. The van der Waals surface area contributed by atoms with Gasteiger partial charge < -0.3 is 15.3 Å². The Bertz CT molecular complexity index is 385. The van der Waals surface area contributed by atoms with Crippen LogP contribution in [-0.2, 0) is 0 Å². The summed E-state index contributed by atoms with van der Waals surface area (Å²) in [6, 6.07) is 3.22. The van der Waals surface area contributed by atoms with E-state index in [0.717, 1.165) is 12.2 Å². The van der Waals surface area contributed by atoms with Crippen molar-refractivity contribution in [3.8, 4) is 0 Å². The van der Waals surface area contributed by atoms with E-state index in [1.165, 1.54) is 12.3 Å². The van der Waals surface area contributed by atoms with Gasteiger partial charge in [0.15, 0.2) is 0 Å². The second-order valence-electron chi connectivity index (χ2n) is 4.80. The average molecular weight is 237 g/mol. The van der Waals surface area contributed by atoms with Crippen molar-refractivity contribution < 1.29 is 9.90 Å². The van der Waals surface area contributed by atoms with Crippen molar-refractivity contribution in [1.29, 1.82) is 0 Å². The van der Waals surface area contributed by atoms with Crippen molar-refractivity contribution in [2.75, 3.05) is 26.0 Å². The number of aromatic carboxylic acids is 1. The topological polar surface area (TPSA) is 65.5 Å². The molecule has 1 aromatic rings. The molecule has 0 saturated heterocycles. The minimum Gasteiger partial charge on any atom is -0.477 e. The van der Waals surface area contributed by atoms with Crippen LogP contribution in [0.15, 0.2) is 18.3 Å². The van der Waals surface area contributed by atoms with E-state index in [-0.39, 0.29) is 11.2 Å². The van der Waals surface area contributed by atoms with Gasteiger partial charge in [-0.25, -0.2) is 9.78 Å².